The van der Waals surface area contributed by atoms with Crippen LogP contribution in [-0.2, 0) is 10.0 Å². The fourth-order valence-corrected chi connectivity index (χ4v) is 3.60. The van der Waals surface area contributed by atoms with Crippen molar-refractivity contribution in [3.63, 3.8) is 0 Å². The van der Waals surface area contributed by atoms with E-state index in [1.54, 1.807) is 29.6 Å². The number of non-ortho nitro benzene ring substituents is 1. The number of anilines is 2. The second kappa shape index (κ2) is 7.74. The first-order chi connectivity index (χ1) is 13.2. The van der Waals surface area contributed by atoms with Crippen LogP contribution in [0.15, 0.2) is 53.9 Å². The van der Waals surface area contributed by atoms with Crippen LogP contribution >= 0.6 is 11.3 Å². The highest BCUT2D eigenvalue weighted by Gasteiger charge is 2.13. The molecule has 28 heavy (non-hydrogen) atoms. The van der Waals surface area contributed by atoms with Crippen LogP contribution in [0.4, 0.5) is 16.5 Å². The van der Waals surface area contributed by atoms with E-state index in [0.717, 1.165) is 11.8 Å². The lowest BCUT2D eigenvalue weighted by atomic mass is 10.1. The van der Waals surface area contributed by atoms with Crippen LogP contribution in [0.2, 0.25) is 0 Å². The molecule has 0 radical (unpaired) electrons. The summed E-state index contributed by atoms with van der Waals surface area (Å²) in [6.07, 6.45) is 1.07. The molecular weight excluding hydrogens is 404 g/mol. The highest BCUT2D eigenvalue weighted by molar-refractivity contribution is 7.92. The summed E-state index contributed by atoms with van der Waals surface area (Å²) >= 11 is 1.20. The van der Waals surface area contributed by atoms with Gasteiger partial charge in [-0.2, -0.15) is 0 Å². The Bertz CT molecular complexity index is 1140. The Labute approximate surface area is 164 Å². The lowest BCUT2D eigenvalue weighted by molar-refractivity contribution is -0.384. The number of hydrogen-bond acceptors (Lipinski definition) is 7. The summed E-state index contributed by atoms with van der Waals surface area (Å²) in [6.45, 7) is 0. The summed E-state index contributed by atoms with van der Waals surface area (Å²) in [5.41, 5.74) is 1.76. The van der Waals surface area contributed by atoms with Crippen LogP contribution in [0, 0.1) is 10.1 Å². The number of carbonyl (C=O) groups is 1. The molecule has 0 fully saturated rings. The Kier molecular flexibility index (Phi) is 5.38. The van der Waals surface area contributed by atoms with Gasteiger partial charge >= 0.3 is 0 Å². The van der Waals surface area contributed by atoms with Crippen LogP contribution < -0.4 is 10.0 Å². The zero-order chi connectivity index (χ0) is 20.3. The Balaban J connectivity index is 1.73. The van der Waals surface area contributed by atoms with Crippen LogP contribution in [0.1, 0.15) is 10.4 Å². The fraction of sp³-hybridized carbons (Fsp3) is 0.0588. The Morgan fingerprint density at radius 2 is 1.89 bits per heavy atom. The maximum atomic E-state index is 12.3. The average Bonchev–Trinajstić information content (AvgIpc) is 3.09. The van der Waals surface area contributed by atoms with Crippen LogP contribution in [-0.4, -0.2) is 30.5 Å². The van der Waals surface area contributed by atoms with E-state index in [1.807, 2.05) is 0 Å². The number of amides is 1. The van der Waals surface area contributed by atoms with Crippen LogP contribution in [0.3, 0.4) is 0 Å². The number of carbonyl (C=O) groups excluding carboxylic acids is 1. The maximum absolute atomic E-state index is 12.3. The Hall–Kier alpha value is -3.31. The molecule has 1 amide bonds. The zero-order valence-electron chi connectivity index (χ0n) is 14.4. The third-order valence-corrected chi connectivity index (χ3v) is 4.89. The number of benzene rings is 2. The molecule has 0 bridgehead atoms. The SMILES string of the molecule is CS(=O)(=O)Nc1ccc(-c2csc(NC(=O)c3cccc([N+](=O)[O-])c3)n2)cc1. The summed E-state index contributed by atoms with van der Waals surface area (Å²) in [5, 5.41) is 15.5. The molecule has 144 valence electrons. The number of nitro groups is 1. The van der Waals surface area contributed by atoms with Gasteiger partial charge in [0.1, 0.15) is 0 Å². The molecule has 0 atom stereocenters. The van der Waals surface area contributed by atoms with E-state index in [1.165, 1.54) is 35.6 Å². The van der Waals surface area contributed by atoms with Crippen molar-refractivity contribution in [1.82, 2.24) is 4.98 Å². The third-order valence-electron chi connectivity index (χ3n) is 3.53. The molecule has 0 spiro atoms. The minimum absolute atomic E-state index is 0.155. The van der Waals surface area contributed by atoms with Gasteiger partial charge in [0.2, 0.25) is 10.0 Å². The van der Waals surface area contributed by atoms with E-state index in [2.05, 4.69) is 15.0 Å². The summed E-state index contributed by atoms with van der Waals surface area (Å²) < 4.78 is 24.8. The molecule has 0 aliphatic heterocycles. The topological polar surface area (TPSA) is 131 Å². The first-order valence-electron chi connectivity index (χ1n) is 7.81. The summed E-state index contributed by atoms with van der Waals surface area (Å²) in [4.78, 5) is 26.9. The van der Waals surface area contributed by atoms with Gasteiger partial charge in [-0.05, 0) is 18.2 Å². The van der Waals surface area contributed by atoms with Crippen molar-refractivity contribution in [2.24, 2.45) is 0 Å². The van der Waals surface area contributed by atoms with Crippen LogP contribution in [0.25, 0.3) is 11.3 Å². The van der Waals surface area contributed by atoms with Gasteiger partial charge < -0.3 is 0 Å². The minimum Gasteiger partial charge on any atom is -0.298 e. The van der Waals surface area contributed by atoms with Crippen molar-refractivity contribution in [2.45, 2.75) is 0 Å². The van der Waals surface area contributed by atoms with Gasteiger partial charge in [0.15, 0.2) is 5.13 Å². The number of aromatic nitrogens is 1. The number of rotatable bonds is 6. The van der Waals surface area contributed by atoms with Crippen molar-refractivity contribution in [1.29, 1.82) is 0 Å². The molecule has 0 saturated carbocycles. The highest BCUT2D eigenvalue weighted by atomic mass is 32.2. The molecule has 11 heteroatoms. The molecule has 1 aromatic heterocycles. The van der Waals surface area contributed by atoms with E-state index in [4.69, 9.17) is 0 Å². The summed E-state index contributed by atoms with van der Waals surface area (Å²) in [7, 11) is -3.35. The Morgan fingerprint density at radius 3 is 2.54 bits per heavy atom. The monoisotopic (exact) mass is 418 g/mol. The average molecular weight is 418 g/mol. The Morgan fingerprint density at radius 1 is 1.18 bits per heavy atom. The molecule has 2 N–H and O–H groups in total. The normalized spacial score (nSPS) is 11.0. The van der Waals surface area contributed by atoms with Gasteiger partial charge in [-0.1, -0.05) is 18.2 Å². The summed E-state index contributed by atoms with van der Waals surface area (Å²) in [6, 6.07) is 12.0. The largest absolute Gasteiger partial charge is 0.298 e. The van der Waals surface area contributed by atoms with Gasteiger partial charge in [-0.15, -0.1) is 11.3 Å². The molecule has 0 saturated heterocycles. The molecule has 3 aromatic rings. The molecule has 9 nitrogen and oxygen atoms in total. The smallest absolute Gasteiger partial charge is 0.270 e. The third kappa shape index (κ3) is 4.90. The van der Waals surface area contributed by atoms with E-state index >= 15 is 0 Å². The number of sulfonamides is 1. The quantitative estimate of drug-likeness (QED) is 0.466. The number of thiazole rings is 1. The maximum Gasteiger partial charge on any atom is 0.270 e. The predicted molar refractivity (Wildman–Crippen MR) is 107 cm³/mol. The number of nitrogens with one attached hydrogen (secondary N) is 2. The fourth-order valence-electron chi connectivity index (χ4n) is 2.32. The lowest BCUT2D eigenvalue weighted by Gasteiger charge is -2.04. The van der Waals surface area contributed by atoms with Crippen molar-refractivity contribution < 1.29 is 18.1 Å². The molecule has 3 rings (SSSR count). The molecule has 0 aliphatic rings. The molecular formula is C17H14N4O5S2. The zero-order valence-corrected chi connectivity index (χ0v) is 16.1. The second-order valence-corrected chi connectivity index (χ2v) is 8.36. The molecule has 2 aromatic carbocycles. The van der Waals surface area contributed by atoms with Crippen molar-refractivity contribution in [3.05, 3.63) is 69.6 Å². The summed E-state index contributed by atoms with van der Waals surface area (Å²) in [5.74, 6) is -0.502. The van der Waals surface area contributed by atoms with Gasteiger partial charge in [-0.3, -0.25) is 24.9 Å². The standard InChI is InChI=1S/C17H14N4O5S2/c1-28(25,26)20-13-7-5-11(6-8-13)15-10-27-17(18-15)19-16(22)12-3-2-4-14(9-12)21(23)24/h2-10,20H,1H3,(H,18,19,22). The first kappa shape index (κ1) is 19.5. The minimum atomic E-state index is -3.35. The van der Waals surface area contributed by atoms with Gasteiger partial charge in [0.25, 0.3) is 11.6 Å². The number of hydrogen-bond donors (Lipinski definition) is 2. The van der Waals surface area contributed by atoms with E-state index < -0.39 is 20.9 Å². The van der Waals surface area contributed by atoms with Crippen molar-refractivity contribution in [2.75, 3.05) is 16.3 Å². The van der Waals surface area contributed by atoms with Crippen molar-refractivity contribution in [3.8, 4) is 11.3 Å². The first-order valence-corrected chi connectivity index (χ1v) is 10.6. The predicted octanol–water partition coefficient (Wildman–Crippen LogP) is 3.34. The van der Waals surface area contributed by atoms with E-state index in [9.17, 15) is 23.3 Å². The number of nitro benzene ring substituents is 1. The second-order valence-electron chi connectivity index (χ2n) is 5.75. The highest BCUT2D eigenvalue weighted by Crippen LogP contribution is 2.26. The lowest BCUT2D eigenvalue weighted by Crippen LogP contribution is -2.11. The van der Waals surface area contributed by atoms with Gasteiger partial charge in [0.05, 0.1) is 16.9 Å². The van der Waals surface area contributed by atoms with Gasteiger partial charge in [0, 0.05) is 34.3 Å². The number of nitrogens with zero attached hydrogens (tertiary/aromatic N) is 2. The molecule has 1 heterocycles. The van der Waals surface area contributed by atoms with Gasteiger partial charge in [-0.25, -0.2) is 13.4 Å². The van der Waals surface area contributed by atoms with Crippen molar-refractivity contribution >= 4 is 43.8 Å². The van der Waals surface area contributed by atoms with E-state index in [-0.39, 0.29) is 11.3 Å². The van der Waals surface area contributed by atoms with Crippen LogP contribution in [0.5, 0.6) is 0 Å². The molecule has 0 aliphatic carbocycles. The van der Waals surface area contributed by atoms with E-state index in [0.29, 0.717) is 16.5 Å². The molecule has 0 unspecified atom stereocenters.